The summed E-state index contributed by atoms with van der Waals surface area (Å²) in [6, 6.07) is 7.97. The van der Waals surface area contributed by atoms with Crippen LogP contribution in [0.4, 0.5) is 5.69 Å². The first-order valence-electron chi connectivity index (χ1n) is 4.65. The van der Waals surface area contributed by atoms with Gasteiger partial charge < -0.3 is 10.6 Å². The number of aliphatic imine (C=N–C) groups is 1. The zero-order valence-corrected chi connectivity index (χ0v) is 11.4. The quantitative estimate of drug-likeness (QED) is 0.659. The number of nitrogens with zero attached hydrogens (tertiary/aromatic N) is 2. The van der Waals surface area contributed by atoms with Crippen LogP contribution in [0.1, 0.15) is 12.5 Å². The minimum absolute atomic E-state index is 0. The topological polar surface area (TPSA) is 41.6 Å². The molecule has 3 nitrogen and oxygen atoms in total. The van der Waals surface area contributed by atoms with Crippen molar-refractivity contribution in [1.82, 2.24) is 4.90 Å². The van der Waals surface area contributed by atoms with Gasteiger partial charge in [-0.25, -0.2) is 4.99 Å². The Morgan fingerprint density at radius 2 is 1.94 bits per heavy atom. The second kappa shape index (κ2) is 8.39. The first-order chi connectivity index (χ1) is 6.63. The Morgan fingerprint density at radius 1 is 1.31 bits per heavy atom. The largest absolute Gasteiger partial charge is 0.366 e. The summed E-state index contributed by atoms with van der Waals surface area (Å²) in [6.07, 6.45) is 0. The third kappa shape index (κ3) is 5.35. The number of benzene rings is 1. The van der Waals surface area contributed by atoms with Crippen molar-refractivity contribution >= 4 is 36.3 Å². The lowest BCUT2D eigenvalue weighted by molar-refractivity contribution is 0.619. The predicted octanol–water partition coefficient (Wildman–Crippen LogP) is 2.60. The van der Waals surface area contributed by atoms with Gasteiger partial charge in [-0.3, -0.25) is 0 Å². The maximum absolute atomic E-state index is 5.55. The number of amidine groups is 1. The number of rotatable bonds is 2. The Morgan fingerprint density at radius 3 is 2.44 bits per heavy atom. The van der Waals surface area contributed by atoms with Crippen molar-refractivity contribution in [3.05, 3.63) is 29.8 Å². The van der Waals surface area contributed by atoms with Crippen LogP contribution >= 0.6 is 24.8 Å². The fraction of sp³-hybridized carbons (Fsp3) is 0.364. The highest BCUT2D eigenvalue weighted by atomic mass is 35.5. The molecular formula is C11H19Cl2N3. The summed E-state index contributed by atoms with van der Waals surface area (Å²) in [6.45, 7) is 2.54. The minimum atomic E-state index is 0. The van der Waals surface area contributed by atoms with Crippen LogP contribution in [-0.2, 0) is 6.54 Å². The van der Waals surface area contributed by atoms with Gasteiger partial charge in [0.15, 0.2) is 0 Å². The Labute approximate surface area is 110 Å². The van der Waals surface area contributed by atoms with Gasteiger partial charge in [0, 0.05) is 20.6 Å². The van der Waals surface area contributed by atoms with Gasteiger partial charge in [0.25, 0.3) is 0 Å². The van der Waals surface area contributed by atoms with Crippen molar-refractivity contribution in [1.29, 1.82) is 0 Å². The average molecular weight is 264 g/mol. The summed E-state index contributed by atoms with van der Waals surface area (Å²) in [5, 5.41) is 0. The van der Waals surface area contributed by atoms with Crippen LogP contribution in [0.3, 0.4) is 0 Å². The molecular weight excluding hydrogens is 245 g/mol. The van der Waals surface area contributed by atoms with Gasteiger partial charge in [0.2, 0.25) is 0 Å². The smallest absolute Gasteiger partial charge is 0.101 e. The molecule has 0 bridgehead atoms. The van der Waals surface area contributed by atoms with Crippen LogP contribution in [0.2, 0.25) is 0 Å². The number of halogens is 2. The summed E-state index contributed by atoms with van der Waals surface area (Å²) in [4.78, 5) is 6.44. The molecule has 0 aromatic heterocycles. The number of nitrogens with two attached hydrogens (primary N) is 1. The second-order valence-corrected chi connectivity index (χ2v) is 3.43. The normalized spacial score (nSPS) is 10.1. The molecule has 0 spiro atoms. The Balaban J connectivity index is 0. The average Bonchev–Trinajstić information content (AvgIpc) is 2.18. The first kappa shape index (κ1) is 17.6. The monoisotopic (exact) mass is 263 g/mol. The molecule has 5 heteroatoms. The molecule has 2 N–H and O–H groups in total. The van der Waals surface area contributed by atoms with E-state index >= 15 is 0 Å². The Bertz CT molecular complexity index is 338. The third-order valence-electron chi connectivity index (χ3n) is 2.08. The van der Waals surface area contributed by atoms with E-state index in [-0.39, 0.29) is 24.8 Å². The first-order valence-corrected chi connectivity index (χ1v) is 4.65. The van der Waals surface area contributed by atoms with Gasteiger partial charge in [-0.15, -0.1) is 24.8 Å². The van der Waals surface area contributed by atoms with E-state index in [4.69, 9.17) is 5.73 Å². The zero-order valence-electron chi connectivity index (χ0n) is 9.80. The molecule has 0 saturated heterocycles. The molecule has 0 aliphatic heterocycles. The molecule has 1 rings (SSSR count). The Kier molecular flexibility index (Phi) is 9.24. The highest BCUT2D eigenvalue weighted by Gasteiger charge is 1.95. The molecule has 0 heterocycles. The van der Waals surface area contributed by atoms with Crippen molar-refractivity contribution in [2.45, 2.75) is 13.5 Å². The lowest BCUT2D eigenvalue weighted by atomic mass is 10.2. The highest BCUT2D eigenvalue weighted by molar-refractivity contribution is 5.85. The molecule has 16 heavy (non-hydrogen) atoms. The second-order valence-electron chi connectivity index (χ2n) is 3.43. The van der Waals surface area contributed by atoms with E-state index in [2.05, 4.69) is 4.99 Å². The maximum Gasteiger partial charge on any atom is 0.101 e. The van der Waals surface area contributed by atoms with Crippen molar-refractivity contribution in [3.63, 3.8) is 0 Å². The summed E-state index contributed by atoms with van der Waals surface area (Å²) in [5.41, 5.74) is 7.62. The van der Waals surface area contributed by atoms with Gasteiger partial charge in [-0.2, -0.15) is 0 Å². The van der Waals surface area contributed by atoms with Gasteiger partial charge in [-0.1, -0.05) is 12.1 Å². The van der Waals surface area contributed by atoms with E-state index < -0.39 is 0 Å². The predicted molar refractivity (Wildman–Crippen MR) is 75.3 cm³/mol. The van der Waals surface area contributed by atoms with Crippen LogP contribution in [0.25, 0.3) is 0 Å². The number of hydrogen-bond donors (Lipinski definition) is 1. The van der Waals surface area contributed by atoms with Crippen molar-refractivity contribution in [2.75, 3.05) is 14.1 Å². The van der Waals surface area contributed by atoms with Crippen LogP contribution in [0.15, 0.2) is 29.3 Å². The summed E-state index contributed by atoms with van der Waals surface area (Å²) in [5.74, 6) is 0.985. The minimum Gasteiger partial charge on any atom is -0.366 e. The summed E-state index contributed by atoms with van der Waals surface area (Å²) >= 11 is 0. The lowest BCUT2D eigenvalue weighted by Crippen LogP contribution is -2.17. The van der Waals surface area contributed by atoms with Gasteiger partial charge >= 0.3 is 0 Å². The fourth-order valence-corrected chi connectivity index (χ4v) is 1.04. The number of hydrogen-bond acceptors (Lipinski definition) is 2. The van der Waals surface area contributed by atoms with Gasteiger partial charge in [0.1, 0.15) is 5.84 Å². The zero-order chi connectivity index (χ0) is 10.6. The van der Waals surface area contributed by atoms with Gasteiger partial charge in [-0.05, 0) is 24.6 Å². The standard InChI is InChI=1S/C11H17N3.2ClH/c1-9(14(2)3)13-11-6-4-5-10(7-11)8-12;;/h4-7H,8,12H2,1-3H3;2*1H. The Hall–Kier alpha value is -0.770. The van der Waals surface area contributed by atoms with E-state index in [1.807, 2.05) is 50.2 Å². The molecule has 0 unspecified atom stereocenters. The third-order valence-corrected chi connectivity index (χ3v) is 2.08. The fourth-order valence-electron chi connectivity index (χ4n) is 1.04. The van der Waals surface area contributed by atoms with Crippen LogP contribution in [-0.4, -0.2) is 24.8 Å². The molecule has 0 atom stereocenters. The molecule has 0 radical (unpaired) electrons. The van der Waals surface area contributed by atoms with Crippen molar-refractivity contribution in [2.24, 2.45) is 10.7 Å². The van der Waals surface area contributed by atoms with E-state index in [0.29, 0.717) is 6.54 Å². The lowest BCUT2D eigenvalue weighted by Gasteiger charge is -2.11. The van der Waals surface area contributed by atoms with E-state index in [0.717, 1.165) is 17.1 Å². The molecule has 0 fully saturated rings. The summed E-state index contributed by atoms with van der Waals surface area (Å²) < 4.78 is 0. The van der Waals surface area contributed by atoms with Crippen LogP contribution in [0.5, 0.6) is 0 Å². The van der Waals surface area contributed by atoms with Crippen molar-refractivity contribution in [3.8, 4) is 0 Å². The van der Waals surface area contributed by atoms with Crippen LogP contribution < -0.4 is 5.73 Å². The molecule has 0 aliphatic rings. The molecule has 1 aromatic carbocycles. The van der Waals surface area contributed by atoms with Crippen molar-refractivity contribution < 1.29 is 0 Å². The van der Waals surface area contributed by atoms with Gasteiger partial charge in [0.05, 0.1) is 5.69 Å². The van der Waals surface area contributed by atoms with Crippen LogP contribution in [0, 0.1) is 0 Å². The van der Waals surface area contributed by atoms with E-state index in [1.54, 1.807) is 0 Å². The van der Waals surface area contributed by atoms with E-state index in [9.17, 15) is 0 Å². The molecule has 0 aliphatic carbocycles. The van der Waals surface area contributed by atoms with E-state index in [1.165, 1.54) is 0 Å². The maximum atomic E-state index is 5.55. The molecule has 0 saturated carbocycles. The summed E-state index contributed by atoms with van der Waals surface area (Å²) in [7, 11) is 3.96. The SMILES string of the molecule is CC(=Nc1cccc(CN)c1)N(C)C.Cl.Cl. The molecule has 1 aromatic rings. The highest BCUT2D eigenvalue weighted by Crippen LogP contribution is 2.14. The molecule has 0 amide bonds. The molecule has 92 valence electrons.